The molecular weight excluding hydrogens is 394 g/mol. The van der Waals surface area contributed by atoms with E-state index in [2.05, 4.69) is 5.32 Å². The molecule has 1 heterocycles. The summed E-state index contributed by atoms with van der Waals surface area (Å²) in [7, 11) is 0. The van der Waals surface area contributed by atoms with Crippen molar-refractivity contribution in [3.05, 3.63) is 48.6 Å². The van der Waals surface area contributed by atoms with Crippen molar-refractivity contribution in [2.45, 2.75) is 45.1 Å². The molecule has 162 valence electrons. The van der Waals surface area contributed by atoms with Crippen LogP contribution in [0.25, 0.3) is 0 Å². The minimum Gasteiger partial charge on any atom is -0.494 e. The highest BCUT2D eigenvalue weighted by atomic mass is 16.5. The number of benzene rings is 1. The molecule has 0 aromatic heterocycles. The fourth-order valence-corrected chi connectivity index (χ4v) is 4.46. The van der Waals surface area contributed by atoms with Crippen LogP contribution in [0, 0.1) is 5.92 Å². The van der Waals surface area contributed by atoms with Gasteiger partial charge in [-0.05, 0) is 62.9 Å². The van der Waals surface area contributed by atoms with Crippen molar-refractivity contribution in [3.63, 3.8) is 0 Å². The summed E-state index contributed by atoms with van der Waals surface area (Å²) in [4.78, 5) is 40.7. The highest BCUT2D eigenvalue weighted by Crippen LogP contribution is 2.28. The van der Waals surface area contributed by atoms with Gasteiger partial charge in [0, 0.05) is 5.69 Å². The second-order valence-electron chi connectivity index (χ2n) is 8.02. The van der Waals surface area contributed by atoms with Gasteiger partial charge in [0.1, 0.15) is 23.4 Å². The maximum Gasteiger partial charge on any atom is 0.501 e. The van der Waals surface area contributed by atoms with Crippen molar-refractivity contribution in [1.29, 1.82) is 0 Å². The number of allylic oxidation sites excluding steroid dienone is 3. The molecule has 1 atom stereocenters. The van der Waals surface area contributed by atoms with E-state index in [0.717, 1.165) is 37.9 Å². The molecule has 0 saturated heterocycles. The minimum atomic E-state index is -0.525. The van der Waals surface area contributed by atoms with Crippen LogP contribution < -0.4 is 10.1 Å². The van der Waals surface area contributed by atoms with E-state index in [1.165, 1.54) is 9.48 Å². The van der Waals surface area contributed by atoms with Gasteiger partial charge in [0.05, 0.1) is 6.61 Å². The smallest absolute Gasteiger partial charge is 0.494 e. The van der Waals surface area contributed by atoms with E-state index >= 15 is 0 Å². The summed E-state index contributed by atoms with van der Waals surface area (Å²) in [6, 6.07) is 6.61. The summed E-state index contributed by atoms with van der Waals surface area (Å²) in [5, 5.41) is 2.83. The second kappa shape index (κ2) is 9.29. The third-order valence-electron chi connectivity index (χ3n) is 5.94. The van der Waals surface area contributed by atoms with Gasteiger partial charge in [-0.15, -0.1) is 0 Å². The number of rotatable bonds is 6. The quantitative estimate of drug-likeness (QED) is 0.712. The monoisotopic (exact) mass is 422 g/mol. The number of imide groups is 1. The first-order valence-electron chi connectivity index (χ1n) is 11.0. The molecule has 1 aromatic carbocycles. The molecule has 0 radical (unpaired) electrons. The predicted octanol–water partition coefficient (Wildman–Crippen LogP) is 3.51. The topological polar surface area (TPSA) is 78.7 Å². The number of carbonyl (C=O) groups excluding carboxylic acids is 3. The van der Waals surface area contributed by atoms with Gasteiger partial charge >= 0.3 is 11.9 Å². The molecule has 1 unspecified atom stereocenters. The largest absolute Gasteiger partial charge is 0.501 e. The first-order valence-corrected chi connectivity index (χ1v) is 11.0. The van der Waals surface area contributed by atoms with Crippen LogP contribution in [0.2, 0.25) is 0 Å². The van der Waals surface area contributed by atoms with Gasteiger partial charge in [-0.2, -0.15) is 14.3 Å². The Bertz CT molecular complexity index is 956. The summed E-state index contributed by atoms with van der Waals surface area (Å²) >= 11 is 0. The molecule has 4 rings (SSSR count). The molecule has 2 aliphatic carbocycles. The highest BCUT2D eigenvalue weighted by Gasteiger charge is 2.50. The molecule has 3 aliphatic rings. The maximum absolute atomic E-state index is 13.4. The fraction of sp³-hybridized carbons (Fsp3) is 0.417. The lowest BCUT2D eigenvalue weighted by atomic mass is 9.90. The van der Waals surface area contributed by atoms with Crippen molar-refractivity contribution in [1.82, 2.24) is 4.90 Å². The van der Waals surface area contributed by atoms with Crippen LogP contribution in [-0.2, 0) is 9.59 Å². The molecular formula is C24H28N3O4+. The Morgan fingerprint density at radius 2 is 1.87 bits per heavy atom. The van der Waals surface area contributed by atoms with E-state index < -0.39 is 11.9 Å². The van der Waals surface area contributed by atoms with Gasteiger partial charge < -0.3 is 10.1 Å². The van der Waals surface area contributed by atoms with Gasteiger partial charge in [0.15, 0.2) is 6.54 Å². The van der Waals surface area contributed by atoms with Crippen LogP contribution in [0.15, 0.2) is 48.6 Å². The molecule has 31 heavy (non-hydrogen) atoms. The second-order valence-corrected chi connectivity index (χ2v) is 8.02. The Kier molecular flexibility index (Phi) is 6.30. The molecule has 1 saturated carbocycles. The predicted molar refractivity (Wildman–Crippen MR) is 117 cm³/mol. The van der Waals surface area contributed by atoms with E-state index in [1.807, 2.05) is 13.0 Å². The first-order chi connectivity index (χ1) is 15.1. The first kappa shape index (κ1) is 21.0. The standard InChI is InChI=1S/C24H27N3O4/c1-2-31-19-14-12-17(13-15-19)25-22(28)16-26-21-11-7-6-10-20(21)23(29)27(24(26)30)18-8-4-3-5-9-18/h6-7,10-15,18,20H,2-5,8-9,16H2,1H3/p+1. The number of fused-ring (bicyclic) bond motifs is 1. The summed E-state index contributed by atoms with van der Waals surface area (Å²) in [5.41, 5.74) is 1.19. The Morgan fingerprint density at radius 1 is 1.13 bits per heavy atom. The van der Waals surface area contributed by atoms with E-state index in [-0.39, 0.29) is 24.4 Å². The third-order valence-corrected chi connectivity index (χ3v) is 5.94. The lowest BCUT2D eigenvalue weighted by Crippen LogP contribution is -2.59. The number of carbonyl (C=O) groups is 3. The zero-order chi connectivity index (χ0) is 21.8. The number of nitrogens with one attached hydrogen (secondary N) is 1. The van der Waals surface area contributed by atoms with Crippen LogP contribution >= 0.6 is 0 Å². The Hall–Kier alpha value is -3.22. The lowest BCUT2D eigenvalue weighted by Gasteiger charge is -2.32. The van der Waals surface area contributed by atoms with Crippen LogP contribution in [0.4, 0.5) is 10.5 Å². The molecule has 1 aliphatic heterocycles. The van der Waals surface area contributed by atoms with Crippen molar-refractivity contribution < 1.29 is 23.7 Å². The van der Waals surface area contributed by atoms with E-state index in [1.54, 1.807) is 42.5 Å². The zero-order valence-electron chi connectivity index (χ0n) is 17.8. The van der Waals surface area contributed by atoms with E-state index in [0.29, 0.717) is 18.0 Å². The lowest BCUT2D eigenvalue weighted by molar-refractivity contribution is -0.429. The third kappa shape index (κ3) is 4.45. The van der Waals surface area contributed by atoms with Crippen molar-refractivity contribution in [2.75, 3.05) is 18.5 Å². The Labute approximate surface area is 182 Å². The van der Waals surface area contributed by atoms with Crippen LogP contribution in [0.5, 0.6) is 5.75 Å². The Morgan fingerprint density at radius 3 is 2.58 bits per heavy atom. The SMILES string of the molecule is CCOc1ccc(NC(=O)C[N+]2=C3C=CC=CC3C(=O)N(C3CCCCC3)C2=O)cc1. The molecule has 1 N–H and O–H groups in total. The van der Waals surface area contributed by atoms with Gasteiger partial charge in [0.25, 0.3) is 5.91 Å². The summed E-state index contributed by atoms with van der Waals surface area (Å²) in [6.07, 6.45) is 12.0. The summed E-state index contributed by atoms with van der Waals surface area (Å²) in [5.74, 6) is -0.297. The average molecular weight is 423 g/mol. The normalized spacial score (nSPS) is 21.3. The number of anilines is 1. The Balaban J connectivity index is 1.55. The number of ether oxygens (including phenoxy) is 1. The summed E-state index contributed by atoms with van der Waals surface area (Å²) < 4.78 is 6.87. The van der Waals surface area contributed by atoms with Gasteiger partial charge in [-0.1, -0.05) is 24.6 Å². The number of hydrogen-bond donors (Lipinski definition) is 1. The van der Waals surface area contributed by atoms with Crippen molar-refractivity contribution in [3.8, 4) is 5.75 Å². The highest BCUT2D eigenvalue weighted by molar-refractivity contribution is 6.17. The van der Waals surface area contributed by atoms with Crippen LogP contribution in [-0.4, -0.2) is 52.2 Å². The minimum absolute atomic E-state index is 0.0914. The molecule has 1 aromatic rings. The molecule has 7 heteroatoms. The number of urea groups is 1. The number of amides is 4. The van der Waals surface area contributed by atoms with E-state index in [4.69, 9.17) is 4.74 Å². The number of hydrogen-bond acceptors (Lipinski definition) is 4. The molecule has 0 spiro atoms. The number of nitrogens with zero attached hydrogens (tertiary/aromatic N) is 2. The van der Waals surface area contributed by atoms with Gasteiger partial charge in [-0.3, -0.25) is 4.79 Å². The van der Waals surface area contributed by atoms with Crippen LogP contribution in [0.3, 0.4) is 0 Å². The van der Waals surface area contributed by atoms with Crippen molar-refractivity contribution in [2.24, 2.45) is 5.92 Å². The van der Waals surface area contributed by atoms with Crippen molar-refractivity contribution >= 4 is 29.2 Å². The van der Waals surface area contributed by atoms with Gasteiger partial charge in [0.2, 0.25) is 0 Å². The average Bonchev–Trinajstić information content (AvgIpc) is 2.79. The summed E-state index contributed by atoms with van der Waals surface area (Å²) in [6.45, 7) is 2.33. The maximum atomic E-state index is 13.4. The van der Waals surface area contributed by atoms with E-state index in [9.17, 15) is 14.4 Å². The van der Waals surface area contributed by atoms with Crippen LogP contribution in [0.1, 0.15) is 39.0 Å². The molecule has 4 amide bonds. The fourth-order valence-electron chi connectivity index (χ4n) is 4.46. The zero-order valence-corrected chi connectivity index (χ0v) is 17.8. The van der Waals surface area contributed by atoms with Gasteiger partial charge in [-0.25, -0.2) is 4.79 Å². The molecule has 7 nitrogen and oxygen atoms in total. The molecule has 1 fully saturated rings. The molecule has 0 bridgehead atoms.